The molecule has 1 aliphatic carbocycles. The predicted octanol–water partition coefficient (Wildman–Crippen LogP) is 4.60. The molecule has 1 N–H and O–H groups in total. The molecule has 3 rings (SSSR count). The van der Waals surface area contributed by atoms with E-state index in [1.165, 1.54) is 11.3 Å². The van der Waals surface area contributed by atoms with Gasteiger partial charge < -0.3 is 5.32 Å². The number of aryl methyl sites for hydroxylation is 1. The maximum atomic E-state index is 5.94. The van der Waals surface area contributed by atoms with Crippen molar-refractivity contribution in [2.24, 2.45) is 0 Å². The normalized spacial score (nSPS) is 17.6. The molecule has 0 aliphatic heterocycles. The topological polar surface area (TPSA) is 24.9 Å². The number of nitrogens with one attached hydrogen (secondary N) is 1. The number of pyridine rings is 1. The molecule has 0 amide bonds. The van der Waals surface area contributed by atoms with Crippen LogP contribution in [0.5, 0.6) is 0 Å². The highest BCUT2D eigenvalue weighted by Crippen LogP contribution is 2.35. The molecule has 0 saturated heterocycles. The van der Waals surface area contributed by atoms with E-state index in [1.807, 2.05) is 30.5 Å². The standard InChI is InChI=1S/C14H12BrClN2/c15-11-8-10(16)4-6-12(11)18-13-5-3-9-2-1-7-17-14(9)13/h1-2,4,6-8,13,18H,3,5H2. The minimum absolute atomic E-state index is 0.290. The van der Waals surface area contributed by atoms with Gasteiger partial charge in [0.05, 0.1) is 11.7 Å². The van der Waals surface area contributed by atoms with Gasteiger partial charge in [-0.2, -0.15) is 0 Å². The van der Waals surface area contributed by atoms with E-state index in [2.05, 4.69) is 32.3 Å². The molecule has 1 unspecified atom stereocenters. The van der Waals surface area contributed by atoms with E-state index in [0.717, 1.165) is 28.0 Å². The van der Waals surface area contributed by atoms with E-state index in [0.29, 0.717) is 6.04 Å². The highest BCUT2D eigenvalue weighted by atomic mass is 79.9. The van der Waals surface area contributed by atoms with Gasteiger partial charge in [-0.05, 0) is 58.6 Å². The molecule has 92 valence electrons. The first-order valence-electron chi connectivity index (χ1n) is 5.89. The van der Waals surface area contributed by atoms with Crippen molar-refractivity contribution in [3.05, 3.63) is 57.3 Å². The molecule has 1 aromatic carbocycles. The summed E-state index contributed by atoms with van der Waals surface area (Å²) >= 11 is 9.47. The summed E-state index contributed by atoms with van der Waals surface area (Å²) in [6.45, 7) is 0. The summed E-state index contributed by atoms with van der Waals surface area (Å²) in [6, 6.07) is 10.2. The molecule has 4 heteroatoms. The number of hydrogen-bond donors (Lipinski definition) is 1. The lowest BCUT2D eigenvalue weighted by atomic mass is 10.2. The van der Waals surface area contributed by atoms with Crippen LogP contribution in [0.2, 0.25) is 5.02 Å². The number of aromatic nitrogens is 1. The van der Waals surface area contributed by atoms with E-state index in [1.54, 1.807) is 0 Å². The van der Waals surface area contributed by atoms with E-state index in [-0.39, 0.29) is 0 Å². The lowest BCUT2D eigenvalue weighted by Gasteiger charge is -2.16. The van der Waals surface area contributed by atoms with E-state index in [4.69, 9.17) is 11.6 Å². The number of benzene rings is 1. The van der Waals surface area contributed by atoms with Crippen molar-refractivity contribution in [3.8, 4) is 0 Å². The Balaban J connectivity index is 1.86. The zero-order chi connectivity index (χ0) is 12.5. The summed E-state index contributed by atoms with van der Waals surface area (Å²) in [5.41, 5.74) is 3.57. The number of nitrogens with zero attached hydrogens (tertiary/aromatic N) is 1. The Morgan fingerprint density at radius 3 is 3.06 bits per heavy atom. The molecule has 1 atom stereocenters. The fraction of sp³-hybridized carbons (Fsp3) is 0.214. The van der Waals surface area contributed by atoms with Crippen LogP contribution in [0.4, 0.5) is 5.69 Å². The fourth-order valence-electron chi connectivity index (χ4n) is 2.35. The number of anilines is 1. The highest BCUT2D eigenvalue weighted by molar-refractivity contribution is 9.10. The molecular weight excluding hydrogens is 312 g/mol. The van der Waals surface area contributed by atoms with Crippen LogP contribution in [0.3, 0.4) is 0 Å². The molecule has 1 aromatic heterocycles. The largest absolute Gasteiger partial charge is 0.376 e. The zero-order valence-corrected chi connectivity index (χ0v) is 12.0. The van der Waals surface area contributed by atoms with Crippen LogP contribution in [0.25, 0.3) is 0 Å². The van der Waals surface area contributed by atoms with Crippen LogP contribution in [-0.2, 0) is 6.42 Å². The Labute approximate surface area is 120 Å². The van der Waals surface area contributed by atoms with E-state index in [9.17, 15) is 0 Å². The molecule has 1 aliphatic rings. The Bertz CT molecular complexity index is 586. The molecule has 0 spiro atoms. The van der Waals surface area contributed by atoms with Crippen LogP contribution < -0.4 is 5.32 Å². The SMILES string of the molecule is Clc1ccc(NC2CCc3cccnc32)c(Br)c1. The van der Waals surface area contributed by atoms with Gasteiger partial charge in [-0.1, -0.05) is 17.7 Å². The van der Waals surface area contributed by atoms with Crippen molar-refractivity contribution in [3.63, 3.8) is 0 Å². The molecule has 1 heterocycles. The highest BCUT2D eigenvalue weighted by Gasteiger charge is 2.23. The smallest absolute Gasteiger partial charge is 0.0691 e. The van der Waals surface area contributed by atoms with Crippen molar-refractivity contribution in [1.29, 1.82) is 0 Å². The van der Waals surface area contributed by atoms with Gasteiger partial charge in [-0.3, -0.25) is 4.98 Å². The summed E-state index contributed by atoms with van der Waals surface area (Å²) in [6.07, 6.45) is 4.03. The molecule has 18 heavy (non-hydrogen) atoms. The fourth-order valence-corrected chi connectivity index (χ4v) is 3.14. The van der Waals surface area contributed by atoms with Crippen molar-refractivity contribution in [2.45, 2.75) is 18.9 Å². The Kier molecular flexibility index (Phi) is 3.27. The maximum absolute atomic E-state index is 5.94. The second kappa shape index (κ2) is 4.90. The molecule has 2 nitrogen and oxygen atoms in total. The summed E-state index contributed by atoms with van der Waals surface area (Å²) in [5.74, 6) is 0. The Morgan fingerprint density at radius 2 is 2.22 bits per heavy atom. The molecular formula is C14H12BrClN2. The summed E-state index contributed by atoms with van der Waals surface area (Å²) in [4.78, 5) is 4.48. The van der Waals surface area contributed by atoms with Gasteiger partial charge >= 0.3 is 0 Å². The molecule has 0 radical (unpaired) electrons. The van der Waals surface area contributed by atoms with Crippen LogP contribution in [0.15, 0.2) is 41.0 Å². The Hall–Kier alpha value is -1.06. The van der Waals surface area contributed by atoms with Crippen molar-refractivity contribution < 1.29 is 0 Å². The summed E-state index contributed by atoms with van der Waals surface area (Å²) in [5, 5.41) is 4.26. The van der Waals surface area contributed by atoms with E-state index >= 15 is 0 Å². The minimum atomic E-state index is 0.290. The predicted molar refractivity (Wildman–Crippen MR) is 78.1 cm³/mol. The quantitative estimate of drug-likeness (QED) is 0.874. The molecule has 2 aromatic rings. The van der Waals surface area contributed by atoms with Gasteiger partial charge in [0.15, 0.2) is 0 Å². The van der Waals surface area contributed by atoms with Crippen LogP contribution in [0.1, 0.15) is 23.7 Å². The molecule has 0 fully saturated rings. The van der Waals surface area contributed by atoms with Crippen molar-refractivity contribution in [1.82, 2.24) is 4.98 Å². The van der Waals surface area contributed by atoms with Crippen LogP contribution >= 0.6 is 27.5 Å². The van der Waals surface area contributed by atoms with Gasteiger partial charge in [0.2, 0.25) is 0 Å². The number of halogens is 2. The average Bonchev–Trinajstić information content (AvgIpc) is 2.76. The lowest BCUT2D eigenvalue weighted by Crippen LogP contribution is -2.08. The van der Waals surface area contributed by atoms with Gasteiger partial charge in [-0.25, -0.2) is 0 Å². The van der Waals surface area contributed by atoms with Gasteiger partial charge in [0.25, 0.3) is 0 Å². The number of fused-ring (bicyclic) bond motifs is 1. The second-order valence-corrected chi connectivity index (χ2v) is 5.70. The lowest BCUT2D eigenvalue weighted by molar-refractivity contribution is 0.745. The average molecular weight is 324 g/mol. The van der Waals surface area contributed by atoms with E-state index < -0.39 is 0 Å². The van der Waals surface area contributed by atoms with Crippen molar-refractivity contribution in [2.75, 3.05) is 5.32 Å². The van der Waals surface area contributed by atoms with Gasteiger partial charge in [-0.15, -0.1) is 0 Å². The first-order chi connectivity index (χ1) is 8.74. The minimum Gasteiger partial charge on any atom is -0.376 e. The van der Waals surface area contributed by atoms with Crippen molar-refractivity contribution >= 4 is 33.2 Å². The molecule has 0 saturated carbocycles. The second-order valence-electron chi connectivity index (χ2n) is 4.41. The first kappa shape index (κ1) is 12.0. The van der Waals surface area contributed by atoms with Crippen LogP contribution in [-0.4, -0.2) is 4.98 Å². The first-order valence-corrected chi connectivity index (χ1v) is 7.06. The summed E-state index contributed by atoms with van der Waals surface area (Å²) < 4.78 is 0.986. The third-order valence-corrected chi connectivity index (χ3v) is 4.11. The van der Waals surface area contributed by atoms with Gasteiger partial charge in [0.1, 0.15) is 0 Å². The molecule has 0 bridgehead atoms. The Morgan fingerprint density at radius 1 is 1.33 bits per heavy atom. The van der Waals surface area contributed by atoms with Crippen LogP contribution in [0, 0.1) is 0 Å². The maximum Gasteiger partial charge on any atom is 0.0691 e. The van der Waals surface area contributed by atoms with Gasteiger partial charge in [0, 0.05) is 21.4 Å². The third kappa shape index (κ3) is 2.25. The number of hydrogen-bond acceptors (Lipinski definition) is 2. The monoisotopic (exact) mass is 322 g/mol. The zero-order valence-electron chi connectivity index (χ0n) is 9.66. The number of rotatable bonds is 2. The summed E-state index contributed by atoms with van der Waals surface area (Å²) in [7, 11) is 0. The third-order valence-electron chi connectivity index (χ3n) is 3.22.